The van der Waals surface area contributed by atoms with Gasteiger partial charge in [0.1, 0.15) is 11.5 Å². The van der Waals surface area contributed by atoms with Crippen LogP contribution >= 0.6 is 0 Å². The predicted octanol–water partition coefficient (Wildman–Crippen LogP) is 1.66. The molecule has 100 valence electrons. The SMILES string of the molecule is COc1cc(CNC2CC2)cc(OC)c1.O=CO. The van der Waals surface area contributed by atoms with E-state index in [0.717, 1.165) is 24.1 Å². The minimum absolute atomic E-state index is 0.250. The molecule has 5 nitrogen and oxygen atoms in total. The van der Waals surface area contributed by atoms with Crippen LogP contribution in [0.4, 0.5) is 0 Å². The molecular formula is C13H19NO4. The Morgan fingerprint density at radius 3 is 2.17 bits per heavy atom. The maximum absolute atomic E-state index is 8.36. The highest BCUT2D eigenvalue weighted by Gasteiger charge is 2.20. The van der Waals surface area contributed by atoms with Crippen LogP contribution in [0.5, 0.6) is 11.5 Å². The third-order valence-electron chi connectivity index (χ3n) is 2.58. The van der Waals surface area contributed by atoms with Crippen LogP contribution < -0.4 is 14.8 Å². The van der Waals surface area contributed by atoms with Gasteiger partial charge in [-0.25, -0.2) is 0 Å². The van der Waals surface area contributed by atoms with Gasteiger partial charge in [0, 0.05) is 18.7 Å². The molecule has 0 saturated heterocycles. The molecular weight excluding hydrogens is 234 g/mol. The summed E-state index contributed by atoms with van der Waals surface area (Å²) in [4.78, 5) is 8.36. The number of hydrogen-bond donors (Lipinski definition) is 2. The third kappa shape index (κ3) is 5.05. The number of carbonyl (C=O) groups is 1. The van der Waals surface area contributed by atoms with Gasteiger partial charge in [-0.15, -0.1) is 0 Å². The highest BCUT2D eigenvalue weighted by molar-refractivity contribution is 5.38. The maximum atomic E-state index is 8.36. The van der Waals surface area contributed by atoms with Crippen molar-refractivity contribution in [3.05, 3.63) is 23.8 Å². The van der Waals surface area contributed by atoms with Gasteiger partial charge in [-0.3, -0.25) is 4.79 Å². The van der Waals surface area contributed by atoms with Crippen LogP contribution in [0.1, 0.15) is 18.4 Å². The second-order valence-electron chi connectivity index (χ2n) is 3.98. The van der Waals surface area contributed by atoms with Crippen LogP contribution in [-0.2, 0) is 11.3 Å². The van der Waals surface area contributed by atoms with Crippen LogP contribution in [0.25, 0.3) is 0 Å². The Labute approximate surface area is 107 Å². The molecule has 5 heteroatoms. The van der Waals surface area contributed by atoms with E-state index in [1.165, 1.54) is 18.4 Å². The summed E-state index contributed by atoms with van der Waals surface area (Å²) in [6.07, 6.45) is 2.61. The molecule has 0 heterocycles. The van der Waals surface area contributed by atoms with Gasteiger partial charge in [0.15, 0.2) is 0 Å². The normalized spacial score (nSPS) is 13.2. The lowest BCUT2D eigenvalue weighted by atomic mass is 10.2. The number of methoxy groups -OCH3 is 2. The molecule has 0 aromatic heterocycles. The number of rotatable bonds is 5. The first kappa shape index (κ1) is 14.3. The van der Waals surface area contributed by atoms with E-state index in [1.807, 2.05) is 18.2 Å². The molecule has 18 heavy (non-hydrogen) atoms. The van der Waals surface area contributed by atoms with E-state index in [4.69, 9.17) is 19.4 Å². The summed E-state index contributed by atoms with van der Waals surface area (Å²) in [7, 11) is 3.35. The van der Waals surface area contributed by atoms with E-state index in [9.17, 15) is 0 Å². The van der Waals surface area contributed by atoms with Gasteiger partial charge in [-0.05, 0) is 30.5 Å². The van der Waals surface area contributed by atoms with Crippen LogP contribution in [0, 0.1) is 0 Å². The molecule has 1 fully saturated rings. The van der Waals surface area contributed by atoms with E-state index in [1.54, 1.807) is 14.2 Å². The van der Waals surface area contributed by atoms with Crippen molar-refractivity contribution in [1.29, 1.82) is 0 Å². The molecule has 1 aliphatic carbocycles. The Bertz CT molecular complexity index is 355. The minimum atomic E-state index is -0.250. The van der Waals surface area contributed by atoms with Crippen molar-refractivity contribution in [2.75, 3.05) is 14.2 Å². The summed E-state index contributed by atoms with van der Waals surface area (Å²) >= 11 is 0. The summed E-state index contributed by atoms with van der Waals surface area (Å²) in [6.45, 7) is 0.637. The van der Waals surface area contributed by atoms with Gasteiger partial charge >= 0.3 is 0 Å². The average Bonchev–Trinajstić information content (AvgIpc) is 3.21. The smallest absolute Gasteiger partial charge is 0.290 e. The first-order chi connectivity index (χ1) is 8.73. The minimum Gasteiger partial charge on any atom is -0.497 e. The summed E-state index contributed by atoms with van der Waals surface area (Å²) in [5.41, 5.74) is 1.21. The van der Waals surface area contributed by atoms with Crippen molar-refractivity contribution < 1.29 is 19.4 Å². The Kier molecular flexibility index (Phi) is 6.00. The Balaban J connectivity index is 0.000000492. The van der Waals surface area contributed by atoms with E-state index in [2.05, 4.69) is 5.32 Å². The molecule has 1 aromatic rings. The highest BCUT2D eigenvalue weighted by Crippen LogP contribution is 2.24. The fraction of sp³-hybridized carbons (Fsp3) is 0.462. The predicted molar refractivity (Wildman–Crippen MR) is 68.1 cm³/mol. The second kappa shape index (κ2) is 7.55. The molecule has 0 aliphatic heterocycles. The van der Waals surface area contributed by atoms with Gasteiger partial charge in [0.05, 0.1) is 14.2 Å². The van der Waals surface area contributed by atoms with Crippen molar-refractivity contribution in [3.8, 4) is 11.5 Å². The van der Waals surface area contributed by atoms with Gasteiger partial charge < -0.3 is 19.9 Å². The first-order valence-electron chi connectivity index (χ1n) is 5.76. The number of benzene rings is 1. The molecule has 1 aliphatic rings. The largest absolute Gasteiger partial charge is 0.497 e. The lowest BCUT2D eigenvalue weighted by molar-refractivity contribution is -0.122. The molecule has 0 radical (unpaired) electrons. The van der Waals surface area contributed by atoms with Crippen LogP contribution in [0.2, 0.25) is 0 Å². The quantitative estimate of drug-likeness (QED) is 0.781. The van der Waals surface area contributed by atoms with Gasteiger partial charge in [-0.2, -0.15) is 0 Å². The van der Waals surface area contributed by atoms with Crippen molar-refractivity contribution in [3.63, 3.8) is 0 Å². The summed E-state index contributed by atoms with van der Waals surface area (Å²) in [5.74, 6) is 1.70. The van der Waals surface area contributed by atoms with Gasteiger partial charge in [-0.1, -0.05) is 0 Å². The average molecular weight is 253 g/mol. The molecule has 0 bridgehead atoms. The van der Waals surface area contributed by atoms with Gasteiger partial charge in [0.2, 0.25) is 0 Å². The molecule has 1 saturated carbocycles. The zero-order valence-corrected chi connectivity index (χ0v) is 10.7. The molecule has 0 spiro atoms. The topological polar surface area (TPSA) is 67.8 Å². The Hall–Kier alpha value is -1.75. The van der Waals surface area contributed by atoms with Crippen LogP contribution in [0.3, 0.4) is 0 Å². The number of carboxylic acid groups (broad SMARTS) is 1. The number of nitrogens with one attached hydrogen (secondary N) is 1. The number of ether oxygens (including phenoxy) is 2. The van der Waals surface area contributed by atoms with Gasteiger partial charge in [0.25, 0.3) is 6.47 Å². The Morgan fingerprint density at radius 1 is 1.28 bits per heavy atom. The number of hydrogen-bond acceptors (Lipinski definition) is 4. The molecule has 1 aromatic carbocycles. The van der Waals surface area contributed by atoms with Crippen molar-refractivity contribution in [1.82, 2.24) is 5.32 Å². The zero-order valence-electron chi connectivity index (χ0n) is 10.7. The fourth-order valence-corrected chi connectivity index (χ4v) is 1.52. The second-order valence-corrected chi connectivity index (χ2v) is 3.98. The standard InChI is InChI=1S/C12H17NO2.CH2O2/c1-14-11-5-9(6-12(7-11)15-2)8-13-10-3-4-10;2-1-3/h5-7,10,13H,3-4,8H2,1-2H3;1H,(H,2,3). The Morgan fingerprint density at radius 2 is 1.78 bits per heavy atom. The van der Waals surface area contributed by atoms with E-state index >= 15 is 0 Å². The fourth-order valence-electron chi connectivity index (χ4n) is 1.52. The third-order valence-corrected chi connectivity index (χ3v) is 2.58. The van der Waals surface area contributed by atoms with E-state index in [0.29, 0.717) is 0 Å². The van der Waals surface area contributed by atoms with Crippen molar-refractivity contribution >= 4 is 6.47 Å². The highest BCUT2D eigenvalue weighted by atomic mass is 16.5. The zero-order chi connectivity index (χ0) is 13.4. The van der Waals surface area contributed by atoms with E-state index < -0.39 is 0 Å². The monoisotopic (exact) mass is 253 g/mol. The molecule has 0 unspecified atom stereocenters. The lowest BCUT2D eigenvalue weighted by Gasteiger charge is -2.08. The summed E-state index contributed by atoms with van der Waals surface area (Å²) in [5, 5.41) is 10.4. The molecule has 0 amide bonds. The van der Waals surface area contributed by atoms with Crippen LogP contribution in [-0.4, -0.2) is 31.8 Å². The van der Waals surface area contributed by atoms with Crippen molar-refractivity contribution in [2.45, 2.75) is 25.4 Å². The lowest BCUT2D eigenvalue weighted by Crippen LogP contribution is -2.15. The van der Waals surface area contributed by atoms with E-state index in [-0.39, 0.29) is 6.47 Å². The summed E-state index contributed by atoms with van der Waals surface area (Å²) in [6, 6.07) is 6.69. The maximum Gasteiger partial charge on any atom is 0.290 e. The first-order valence-corrected chi connectivity index (χ1v) is 5.76. The van der Waals surface area contributed by atoms with Crippen molar-refractivity contribution in [2.24, 2.45) is 0 Å². The summed E-state index contributed by atoms with van der Waals surface area (Å²) < 4.78 is 10.4. The molecule has 2 N–H and O–H groups in total. The molecule has 2 rings (SSSR count). The molecule has 0 atom stereocenters. The van der Waals surface area contributed by atoms with Crippen LogP contribution in [0.15, 0.2) is 18.2 Å².